The van der Waals surface area contributed by atoms with Crippen LogP contribution in [0.25, 0.3) is 16.6 Å². The Bertz CT molecular complexity index is 807. The van der Waals surface area contributed by atoms with E-state index in [1.54, 1.807) is 6.20 Å². The number of benzene rings is 1. The summed E-state index contributed by atoms with van der Waals surface area (Å²) in [5.74, 6) is 0.796. The molecular formula is C19H23N5O. The van der Waals surface area contributed by atoms with Gasteiger partial charge in [0, 0.05) is 36.3 Å². The number of hydrogen-bond acceptors (Lipinski definition) is 6. The molecule has 1 saturated carbocycles. The minimum atomic E-state index is 0.517. The molecule has 0 amide bonds. The van der Waals surface area contributed by atoms with Crippen LogP contribution in [0, 0.1) is 11.3 Å². The SMILES string of the molecule is CC1CC(N/C=C(\C=N)c2cnc3cc(N4CCOC4)ccc3n2)C1. The van der Waals surface area contributed by atoms with Gasteiger partial charge in [0.1, 0.15) is 6.73 Å². The molecule has 0 spiro atoms. The van der Waals surface area contributed by atoms with Crippen LogP contribution in [0.15, 0.2) is 30.6 Å². The molecule has 4 rings (SSSR count). The van der Waals surface area contributed by atoms with Gasteiger partial charge in [-0.25, -0.2) is 4.98 Å². The lowest BCUT2D eigenvalue weighted by atomic mass is 9.82. The summed E-state index contributed by atoms with van der Waals surface area (Å²) in [4.78, 5) is 11.4. The van der Waals surface area contributed by atoms with Crippen LogP contribution in [-0.2, 0) is 4.74 Å². The molecule has 1 aromatic heterocycles. The van der Waals surface area contributed by atoms with E-state index in [0.717, 1.165) is 47.1 Å². The number of hydrogen-bond donors (Lipinski definition) is 2. The van der Waals surface area contributed by atoms with Crippen LogP contribution in [0.3, 0.4) is 0 Å². The van der Waals surface area contributed by atoms with Crippen molar-refractivity contribution in [1.29, 1.82) is 5.41 Å². The molecule has 2 fully saturated rings. The molecular weight excluding hydrogens is 314 g/mol. The van der Waals surface area contributed by atoms with Gasteiger partial charge < -0.3 is 20.4 Å². The molecule has 0 unspecified atom stereocenters. The van der Waals surface area contributed by atoms with E-state index in [1.807, 2.05) is 18.3 Å². The van der Waals surface area contributed by atoms with Gasteiger partial charge in [-0.05, 0) is 37.0 Å². The summed E-state index contributed by atoms with van der Waals surface area (Å²) >= 11 is 0. The topological polar surface area (TPSA) is 74.1 Å². The molecule has 1 aliphatic carbocycles. The van der Waals surface area contributed by atoms with Crippen LogP contribution in [0.5, 0.6) is 0 Å². The molecule has 2 aliphatic rings. The molecule has 130 valence electrons. The second-order valence-corrected chi connectivity index (χ2v) is 6.91. The van der Waals surface area contributed by atoms with Crippen LogP contribution in [0.1, 0.15) is 25.5 Å². The van der Waals surface area contributed by atoms with Crippen molar-refractivity contribution in [2.45, 2.75) is 25.8 Å². The van der Waals surface area contributed by atoms with Crippen molar-refractivity contribution in [1.82, 2.24) is 15.3 Å². The fourth-order valence-corrected chi connectivity index (χ4v) is 3.39. The van der Waals surface area contributed by atoms with Gasteiger partial charge in [0.25, 0.3) is 0 Å². The average molecular weight is 337 g/mol. The number of fused-ring (bicyclic) bond motifs is 1. The quantitative estimate of drug-likeness (QED) is 0.821. The monoisotopic (exact) mass is 337 g/mol. The molecule has 6 heteroatoms. The maximum Gasteiger partial charge on any atom is 0.119 e. The average Bonchev–Trinajstić information content (AvgIpc) is 3.14. The number of nitrogens with zero attached hydrogens (tertiary/aromatic N) is 3. The summed E-state index contributed by atoms with van der Waals surface area (Å²) in [6.07, 6.45) is 7.35. The van der Waals surface area contributed by atoms with Crippen LogP contribution in [0.4, 0.5) is 5.69 Å². The summed E-state index contributed by atoms with van der Waals surface area (Å²) < 4.78 is 5.41. The highest BCUT2D eigenvalue weighted by molar-refractivity contribution is 6.07. The van der Waals surface area contributed by atoms with Crippen LogP contribution in [-0.4, -0.2) is 42.1 Å². The first-order valence-electron chi connectivity index (χ1n) is 8.79. The third kappa shape index (κ3) is 3.35. The highest BCUT2D eigenvalue weighted by atomic mass is 16.5. The van der Waals surface area contributed by atoms with E-state index in [1.165, 1.54) is 19.1 Å². The van der Waals surface area contributed by atoms with Crippen molar-refractivity contribution in [2.24, 2.45) is 5.92 Å². The van der Waals surface area contributed by atoms with Gasteiger partial charge in [0.15, 0.2) is 0 Å². The number of aromatic nitrogens is 2. The highest BCUT2D eigenvalue weighted by Gasteiger charge is 2.24. The summed E-state index contributed by atoms with van der Waals surface area (Å²) in [6, 6.07) is 6.60. The van der Waals surface area contributed by atoms with E-state index in [-0.39, 0.29) is 0 Å². The van der Waals surface area contributed by atoms with Gasteiger partial charge in [-0.15, -0.1) is 0 Å². The maximum absolute atomic E-state index is 7.69. The van der Waals surface area contributed by atoms with Gasteiger partial charge >= 0.3 is 0 Å². The van der Waals surface area contributed by atoms with E-state index >= 15 is 0 Å². The summed E-state index contributed by atoms with van der Waals surface area (Å²) in [5, 5.41) is 11.1. The first kappa shape index (κ1) is 16.0. The summed E-state index contributed by atoms with van der Waals surface area (Å²) in [5.41, 5.74) is 4.28. The van der Waals surface area contributed by atoms with Crippen molar-refractivity contribution in [2.75, 3.05) is 24.8 Å². The Labute approximate surface area is 147 Å². The normalized spacial score (nSPS) is 23.6. The van der Waals surface area contributed by atoms with E-state index in [9.17, 15) is 0 Å². The lowest BCUT2D eigenvalue weighted by Gasteiger charge is -2.33. The first-order valence-corrected chi connectivity index (χ1v) is 8.79. The Hall–Kier alpha value is -2.47. The minimum absolute atomic E-state index is 0.517. The van der Waals surface area contributed by atoms with E-state index in [2.05, 4.69) is 33.2 Å². The predicted octanol–water partition coefficient (Wildman–Crippen LogP) is 2.80. The van der Waals surface area contributed by atoms with E-state index in [0.29, 0.717) is 12.8 Å². The molecule has 0 radical (unpaired) electrons. The fraction of sp³-hybridized carbons (Fsp3) is 0.421. The zero-order valence-corrected chi connectivity index (χ0v) is 14.4. The number of allylic oxidation sites excluding steroid dienone is 1. The maximum atomic E-state index is 7.69. The summed E-state index contributed by atoms with van der Waals surface area (Å²) in [7, 11) is 0. The smallest absolute Gasteiger partial charge is 0.119 e. The van der Waals surface area contributed by atoms with Crippen molar-refractivity contribution >= 4 is 28.5 Å². The number of nitrogens with one attached hydrogen (secondary N) is 2. The zero-order valence-electron chi connectivity index (χ0n) is 14.4. The van der Waals surface area contributed by atoms with E-state index < -0.39 is 0 Å². The number of ether oxygens (including phenoxy) is 1. The largest absolute Gasteiger partial charge is 0.388 e. The molecule has 1 saturated heterocycles. The lowest BCUT2D eigenvalue weighted by Crippen LogP contribution is -2.37. The third-order valence-electron chi connectivity index (χ3n) is 4.94. The summed E-state index contributed by atoms with van der Waals surface area (Å²) in [6.45, 7) is 4.56. The van der Waals surface area contributed by atoms with Crippen LogP contribution < -0.4 is 10.2 Å². The van der Waals surface area contributed by atoms with Crippen molar-refractivity contribution < 1.29 is 4.74 Å². The molecule has 0 atom stereocenters. The van der Waals surface area contributed by atoms with Gasteiger partial charge in [-0.1, -0.05) is 6.92 Å². The van der Waals surface area contributed by atoms with Crippen LogP contribution in [0.2, 0.25) is 0 Å². The van der Waals surface area contributed by atoms with Crippen molar-refractivity contribution in [3.05, 3.63) is 36.3 Å². The number of anilines is 1. The molecule has 2 aromatic rings. The predicted molar refractivity (Wildman–Crippen MR) is 99.8 cm³/mol. The van der Waals surface area contributed by atoms with Gasteiger partial charge in [0.05, 0.1) is 29.5 Å². The minimum Gasteiger partial charge on any atom is -0.388 e. The molecule has 25 heavy (non-hydrogen) atoms. The Morgan fingerprint density at radius 1 is 1.36 bits per heavy atom. The Morgan fingerprint density at radius 2 is 2.24 bits per heavy atom. The van der Waals surface area contributed by atoms with Gasteiger partial charge in [0.2, 0.25) is 0 Å². The van der Waals surface area contributed by atoms with Crippen molar-refractivity contribution in [3.8, 4) is 0 Å². The Balaban J connectivity index is 1.56. The number of rotatable bonds is 5. The fourth-order valence-electron chi connectivity index (χ4n) is 3.39. The molecule has 1 aromatic carbocycles. The zero-order chi connectivity index (χ0) is 17.2. The molecule has 6 nitrogen and oxygen atoms in total. The molecule has 2 heterocycles. The third-order valence-corrected chi connectivity index (χ3v) is 4.94. The lowest BCUT2D eigenvalue weighted by molar-refractivity contribution is 0.201. The van der Waals surface area contributed by atoms with Gasteiger partial charge in [-0.3, -0.25) is 4.98 Å². The molecule has 0 bridgehead atoms. The standard InChI is InChI=1S/C19H23N5O/c1-13-6-15(7-13)21-10-14(9-20)19-11-22-18-8-16(2-3-17(18)23-19)24-4-5-25-12-24/h2-3,8-11,13,15,20-21H,4-7,12H2,1H3/b14-10+,20-9?. The highest BCUT2D eigenvalue weighted by Crippen LogP contribution is 2.27. The second kappa shape index (κ2) is 6.80. The van der Waals surface area contributed by atoms with E-state index in [4.69, 9.17) is 10.1 Å². The Kier molecular flexibility index (Phi) is 4.36. The molecule has 2 N–H and O–H groups in total. The molecule has 1 aliphatic heterocycles. The first-order chi connectivity index (χ1) is 12.2. The van der Waals surface area contributed by atoms with Gasteiger partial charge in [-0.2, -0.15) is 0 Å². The van der Waals surface area contributed by atoms with Crippen molar-refractivity contribution in [3.63, 3.8) is 0 Å². The second-order valence-electron chi connectivity index (χ2n) is 6.91. The van der Waals surface area contributed by atoms with Crippen LogP contribution >= 0.6 is 0 Å². The Morgan fingerprint density at radius 3 is 2.96 bits per heavy atom.